The fourth-order valence-corrected chi connectivity index (χ4v) is 5.97. The van der Waals surface area contributed by atoms with Crippen LogP contribution < -0.4 is 10.6 Å². The van der Waals surface area contributed by atoms with Crippen LogP contribution in [0, 0.1) is 5.92 Å². The van der Waals surface area contributed by atoms with Crippen molar-refractivity contribution in [2.24, 2.45) is 5.92 Å². The van der Waals surface area contributed by atoms with E-state index in [1.54, 1.807) is 24.0 Å². The first kappa shape index (κ1) is 39.1. The van der Waals surface area contributed by atoms with Gasteiger partial charge >= 0.3 is 11.9 Å². The van der Waals surface area contributed by atoms with Crippen LogP contribution >= 0.6 is 12.6 Å². The summed E-state index contributed by atoms with van der Waals surface area (Å²) in [4.78, 5) is 56.9. The van der Waals surface area contributed by atoms with E-state index in [9.17, 15) is 29.4 Å². The van der Waals surface area contributed by atoms with Crippen LogP contribution in [-0.2, 0) is 43.5 Å². The highest BCUT2D eigenvalue weighted by Gasteiger charge is 2.52. The van der Waals surface area contributed by atoms with Crippen LogP contribution in [0.25, 0.3) is 0 Å². The summed E-state index contributed by atoms with van der Waals surface area (Å²) in [6, 6.07) is 22.2. The zero-order valence-electron chi connectivity index (χ0n) is 28.5. The fraction of sp³-hybridized carbons (Fsp3) is 0.421. The second-order valence-corrected chi connectivity index (χ2v) is 12.6. The number of phenolic OH excluding ortho intramolecular Hbond substituents is 1. The topological polar surface area (TPSA) is 145 Å². The Balaban J connectivity index is 2.08. The van der Waals surface area contributed by atoms with Gasteiger partial charge in [0.05, 0.1) is 0 Å². The molecular weight excluding hydrogens is 642 g/mol. The minimum atomic E-state index is -1.96. The zero-order valence-corrected chi connectivity index (χ0v) is 29.4. The standard InChI is InChI=1S/C38H49N3O7S/c1-4-6-13-22-41(24-29-14-9-7-10-15-29)38(26-49,37(47)48-25-30-16-11-8-12-17-30)36(46)39-32(23-28-18-20-31(42)21-19-28)34(43)40-33(35(44)45)27(3)5-2/h7-12,14-21,27,32-33,42,49H,4-6,13,22-26H2,1-3H3,(H,39,46)(H,40,43)(H,44,45)/t27?,32?,33?,38-/m0/s1. The third-order valence-corrected chi connectivity index (χ3v) is 9.18. The summed E-state index contributed by atoms with van der Waals surface area (Å²) in [5.41, 5.74) is 0.239. The maximum Gasteiger partial charge on any atom is 0.337 e. The van der Waals surface area contributed by atoms with Gasteiger partial charge in [-0.15, -0.1) is 0 Å². The second kappa shape index (κ2) is 19.6. The van der Waals surface area contributed by atoms with Crippen LogP contribution in [-0.4, -0.2) is 68.8 Å². The number of benzene rings is 3. The highest BCUT2D eigenvalue weighted by atomic mass is 32.1. The van der Waals surface area contributed by atoms with E-state index in [1.807, 2.05) is 67.6 Å². The van der Waals surface area contributed by atoms with E-state index >= 15 is 0 Å². The number of carboxylic acids is 1. The third kappa shape index (κ3) is 11.1. The van der Waals surface area contributed by atoms with Crippen molar-refractivity contribution in [3.8, 4) is 5.75 Å². The number of carbonyl (C=O) groups is 4. The molecule has 2 amide bonds. The van der Waals surface area contributed by atoms with Crippen molar-refractivity contribution >= 4 is 36.4 Å². The Morgan fingerprint density at radius 3 is 2.02 bits per heavy atom. The monoisotopic (exact) mass is 691 g/mol. The van der Waals surface area contributed by atoms with E-state index in [0.29, 0.717) is 24.9 Å². The maximum atomic E-state index is 14.7. The lowest BCUT2D eigenvalue weighted by molar-refractivity contribution is -0.165. The molecule has 11 heteroatoms. The van der Waals surface area contributed by atoms with E-state index in [0.717, 1.165) is 24.0 Å². The van der Waals surface area contributed by atoms with Gasteiger partial charge in [-0.3, -0.25) is 14.5 Å². The molecule has 10 nitrogen and oxygen atoms in total. The number of ether oxygens (including phenoxy) is 1. The first-order valence-corrected chi connectivity index (χ1v) is 17.4. The molecule has 3 aromatic carbocycles. The third-order valence-electron chi connectivity index (χ3n) is 8.72. The average molecular weight is 692 g/mol. The second-order valence-electron chi connectivity index (χ2n) is 12.3. The number of esters is 1. The molecule has 3 rings (SSSR count). The van der Waals surface area contributed by atoms with Gasteiger partial charge in [-0.1, -0.05) is 113 Å². The minimum Gasteiger partial charge on any atom is -0.508 e. The van der Waals surface area contributed by atoms with Crippen molar-refractivity contribution in [1.82, 2.24) is 15.5 Å². The van der Waals surface area contributed by atoms with Crippen LogP contribution in [0.2, 0.25) is 0 Å². The van der Waals surface area contributed by atoms with Crippen molar-refractivity contribution in [3.05, 3.63) is 102 Å². The molecular formula is C38H49N3O7S. The molecule has 0 aromatic heterocycles. The van der Waals surface area contributed by atoms with Gasteiger partial charge in [-0.05, 0) is 41.2 Å². The molecule has 0 aliphatic carbocycles. The SMILES string of the molecule is CCCCCN(Cc1ccccc1)[C@@](CS)(C(=O)NC(Cc1ccc(O)cc1)C(=O)NC(C(=O)O)C(C)CC)C(=O)OCc1ccccc1. The van der Waals surface area contributed by atoms with Gasteiger partial charge in [0.2, 0.25) is 11.4 Å². The Morgan fingerprint density at radius 1 is 0.857 bits per heavy atom. The van der Waals surface area contributed by atoms with Gasteiger partial charge in [-0.2, -0.15) is 12.6 Å². The molecule has 0 bridgehead atoms. The molecule has 0 saturated heterocycles. The number of hydrogen-bond acceptors (Lipinski definition) is 8. The number of amides is 2. The normalized spacial score (nSPS) is 14.2. The highest BCUT2D eigenvalue weighted by Crippen LogP contribution is 2.26. The average Bonchev–Trinajstić information content (AvgIpc) is 3.11. The molecule has 4 atom stereocenters. The number of phenols is 1. The van der Waals surface area contributed by atoms with E-state index in [4.69, 9.17) is 4.74 Å². The fourth-order valence-electron chi connectivity index (χ4n) is 5.50. The quantitative estimate of drug-likeness (QED) is 0.0474. The number of carboxylic acid groups (broad SMARTS) is 1. The minimum absolute atomic E-state index is 0.0235. The lowest BCUT2D eigenvalue weighted by Crippen LogP contribution is -2.68. The molecule has 264 valence electrons. The predicted octanol–water partition coefficient (Wildman–Crippen LogP) is 5.14. The smallest absolute Gasteiger partial charge is 0.337 e. The van der Waals surface area contributed by atoms with Crippen molar-refractivity contribution in [2.75, 3.05) is 12.3 Å². The molecule has 0 aliphatic heterocycles. The number of aromatic hydroxyl groups is 1. The van der Waals surface area contributed by atoms with Crippen LogP contribution in [0.3, 0.4) is 0 Å². The highest BCUT2D eigenvalue weighted by molar-refractivity contribution is 7.80. The number of nitrogens with zero attached hydrogens (tertiary/aromatic N) is 1. The van der Waals surface area contributed by atoms with Crippen LogP contribution in [0.1, 0.15) is 63.1 Å². The first-order chi connectivity index (χ1) is 23.5. The van der Waals surface area contributed by atoms with E-state index in [1.165, 1.54) is 12.1 Å². The lowest BCUT2D eigenvalue weighted by Gasteiger charge is -2.40. The molecule has 0 saturated carbocycles. The maximum absolute atomic E-state index is 14.7. The van der Waals surface area contributed by atoms with Gasteiger partial charge < -0.3 is 25.6 Å². The molecule has 0 aliphatic rings. The summed E-state index contributed by atoms with van der Waals surface area (Å²) in [6.45, 7) is 6.11. The van der Waals surface area contributed by atoms with E-state index in [2.05, 4.69) is 30.2 Å². The number of hydrogen-bond donors (Lipinski definition) is 5. The Kier molecular flexibility index (Phi) is 15.6. The molecule has 49 heavy (non-hydrogen) atoms. The van der Waals surface area contributed by atoms with Crippen LogP contribution in [0.15, 0.2) is 84.9 Å². The summed E-state index contributed by atoms with van der Waals surface area (Å²) in [6.07, 6.45) is 2.90. The van der Waals surface area contributed by atoms with E-state index in [-0.39, 0.29) is 31.1 Å². The lowest BCUT2D eigenvalue weighted by atomic mass is 9.94. The summed E-state index contributed by atoms with van der Waals surface area (Å²) in [7, 11) is 0. The Hall–Kier alpha value is -4.35. The molecule has 0 fully saturated rings. The van der Waals surface area contributed by atoms with Crippen LogP contribution in [0.5, 0.6) is 5.75 Å². The first-order valence-electron chi connectivity index (χ1n) is 16.8. The summed E-state index contributed by atoms with van der Waals surface area (Å²) in [5.74, 6) is -4.16. The van der Waals surface area contributed by atoms with Crippen molar-refractivity contribution in [3.63, 3.8) is 0 Å². The van der Waals surface area contributed by atoms with Crippen molar-refractivity contribution in [1.29, 1.82) is 0 Å². The van der Waals surface area contributed by atoms with Crippen LogP contribution in [0.4, 0.5) is 0 Å². The van der Waals surface area contributed by atoms with Gasteiger partial charge in [-0.25, -0.2) is 9.59 Å². The number of thiol groups is 1. The van der Waals surface area contributed by atoms with Crippen molar-refractivity contribution < 1.29 is 34.1 Å². The number of carbonyl (C=O) groups excluding carboxylic acids is 3. The predicted molar refractivity (Wildman–Crippen MR) is 192 cm³/mol. The van der Waals surface area contributed by atoms with Gasteiger partial charge in [0.25, 0.3) is 5.91 Å². The van der Waals surface area contributed by atoms with Crippen molar-refractivity contribution in [2.45, 2.75) is 83.6 Å². The number of aliphatic carboxylic acids is 1. The summed E-state index contributed by atoms with van der Waals surface area (Å²) < 4.78 is 5.85. The molecule has 3 unspecified atom stereocenters. The van der Waals surface area contributed by atoms with Gasteiger partial charge in [0, 0.05) is 25.3 Å². The summed E-state index contributed by atoms with van der Waals surface area (Å²) >= 11 is 4.61. The molecule has 0 radical (unpaired) electrons. The summed E-state index contributed by atoms with van der Waals surface area (Å²) in [5, 5.41) is 25.2. The number of rotatable bonds is 20. The van der Waals surface area contributed by atoms with Gasteiger partial charge in [0.1, 0.15) is 24.4 Å². The molecule has 0 heterocycles. The largest absolute Gasteiger partial charge is 0.508 e. The number of unbranched alkanes of at least 4 members (excludes halogenated alkanes) is 2. The molecule has 0 spiro atoms. The Labute approximate surface area is 294 Å². The van der Waals surface area contributed by atoms with Gasteiger partial charge in [0.15, 0.2) is 0 Å². The Bertz CT molecular complexity index is 1490. The van der Waals surface area contributed by atoms with E-state index < -0.39 is 47.3 Å². The molecule has 4 N–H and O–H groups in total. The number of nitrogens with one attached hydrogen (secondary N) is 2. The zero-order chi connectivity index (χ0) is 35.8. The molecule has 3 aromatic rings. The Morgan fingerprint density at radius 2 is 1.47 bits per heavy atom.